The Morgan fingerprint density at radius 1 is 1.38 bits per heavy atom. The average molecular weight is 304 g/mol. The molecular formula is C13H12F4N2O2. The fourth-order valence-electron chi connectivity index (χ4n) is 2.20. The van der Waals surface area contributed by atoms with E-state index >= 15 is 0 Å². The third kappa shape index (κ3) is 3.32. The molecule has 1 atom stereocenters. The Kier molecular flexibility index (Phi) is 4.15. The van der Waals surface area contributed by atoms with E-state index in [1.54, 1.807) is 0 Å². The number of hydrogen-bond acceptors (Lipinski definition) is 2. The quantitative estimate of drug-likeness (QED) is 0.674. The zero-order chi connectivity index (χ0) is 15.6. The fourth-order valence-corrected chi connectivity index (χ4v) is 2.20. The highest BCUT2D eigenvalue weighted by Crippen LogP contribution is 2.32. The van der Waals surface area contributed by atoms with Crippen LogP contribution in [0.25, 0.3) is 0 Å². The third-order valence-corrected chi connectivity index (χ3v) is 3.24. The first-order chi connectivity index (χ1) is 9.82. The Labute approximate surface area is 117 Å². The predicted molar refractivity (Wildman–Crippen MR) is 66.2 cm³/mol. The topological polar surface area (TPSA) is 49.4 Å². The summed E-state index contributed by atoms with van der Waals surface area (Å²) in [5.41, 5.74) is -1.49. The van der Waals surface area contributed by atoms with Gasteiger partial charge in [-0.05, 0) is 31.0 Å². The Hall–Kier alpha value is -2.12. The molecule has 0 radical (unpaired) electrons. The SMILES string of the molecule is O=C[C@H]1CCCN1C(=O)Nc1ccc(C(F)(F)F)c(F)c1. The summed E-state index contributed by atoms with van der Waals surface area (Å²) in [6.07, 6.45) is -2.94. The lowest BCUT2D eigenvalue weighted by molar-refractivity contribution is -0.140. The number of amides is 2. The predicted octanol–water partition coefficient (Wildman–Crippen LogP) is 3.04. The third-order valence-electron chi connectivity index (χ3n) is 3.24. The first kappa shape index (κ1) is 15.3. The van der Waals surface area contributed by atoms with Gasteiger partial charge in [-0.15, -0.1) is 0 Å². The molecule has 8 heteroatoms. The molecule has 0 aromatic heterocycles. The average Bonchev–Trinajstić information content (AvgIpc) is 2.85. The summed E-state index contributed by atoms with van der Waals surface area (Å²) in [5.74, 6) is -1.46. The van der Waals surface area contributed by atoms with Gasteiger partial charge in [-0.2, -0.15) is 13.2 Å². The van der Waals surface area contributed by atoms with Crippen molar-refractivity contribution >= 4 is 18.0 Å². The molecule has 0 unspecified atom stereocenters. The number of rotatable bonds is 2. The molecule has 21 heavy (non-hydrogen) atoms. The number of benzene rings is 1. The van der Waals surface area contributed by atoms with Crippen molar-refractivity contribution in [3.63, 3.8) is 0 Å². The number of carbonyl (C=O) groups excluding carboxylic acids is 2. The van der Waals surface area contributed by atoms with Crippen molar-refractivity contribution in [1.82, 2.24) is 4.90 Å². The molecule has 2 amide bonds. The van der Waals surface area contributed by atoms with E-state index in [4.69, 9.17) is 0 Å². The molecule has 0 aliphatic carbocycles. The van der Waals surface area contributed by atoms with Crippen LogP contribution in [0.3, 0.4) is 0 Å². The van der Waals surface area contributed by atoms with Crippen LogP contribution < -0.4 is 5.32 Å². The first-order valence-electron chi connectivity index (χ1n) is 6.22. The second kappa shape index (κ2) is 5.71. The maximum absolute atomic E-state index is 13.4. The van der Waals surface area contributed by atoms with E-state index in [-0.39, 0.29) is 5.69 Å². The number of alkyl halides is 3. The molecule has 1 aliphatic rings. The maximum atomic E-state index is 13.4. The minimum absolute atomic E-state index is 0.0953. The van der Waals surface area contributed by atoms with Crippen LogP contribution in [0.15, 0.2) is 18.2 Å². The summed E-state index contributed by atoms with van der Waals surface area (Å²) in [7, 11) is 0. The summed E-state index contributed by atoms with van der Waals surface area (Å²) >= 11 is 0. The van der Waals surface area contributed by atoms with E-state index in [0.29, 0.717) is 37.8 Å². The molecular weight excluding hydrogens is 292 g/mol. The summed E-state index contributed by atoms with van der Waals surface area (Å²) in [5, 5.41) is 2.29. The fraction of sp³-hybridized carbons (Fsp3) is 0.385. The maximum Gasteiger partial charge on any atom is 0.419 e. The number of carbonyl (C=O) groups is 2. The highest BCUT2D eigenvalue weighted by Gasteiger charge is 2.34. The standard InChI is InChI=1S/C13H12F4N2O2/c14-11-6-8(3-4-10(11)13(15,16)17)18-12(21)19-5-1-2-9(19)7-20/h3-4,6-7,9H,1-2,5H2,(H,18,21)/t9-/m1/s1. The molecule has 0 spiro atoms. The molecule has 1 heterocycles. The van der Waals surface area contributed by atoms with Crippen molar-refractivity contribution in [3.05, 3.63) is 29.6 Å². The van der Waals surface area contributed by atoms with Crippen LogP contribution in [0, 0.1) is 5.82 Å². The van der Waals surface area contributed by atoms with Crippen LogP contribution in [0.5, 0.6) is 0 Å². The summed E-state index contributed by atoms with van der Waals surface area (Å²) < 4.78 is 50.6. The number of aldehydes is 1. The van der Waals surface area contributed by atoms with Crippen LogP contribution in [0.2, 0.25) is 0 Å². The largest absolute Gasteiger partial charge is 0.419 e. The van der Waals surface area contributed by atoms with Crippen LogP contribution in [0.4, 0.5) is 28.0 Å². The van der Waals surface area contributed by atoms with Gasteiger partial charge in [0.1, 0.15) is 12.1 Å². The number of anilines is 1. The van der Waals surface area contributed by atoms with E-state index in [2.05, 4.69) is 5.32 Å². The lowest BCUT2D eigenvalue weighted by Gasteiger charge is -2.21. The molecule has 0 saturated carbocycles. The number of likely N-dealkylation sites (tertiary alicyclic amines) is 1. The molecule has 1 aromatic carbocycles. The molecule has 1 N–H and O–H groups in total. The van der Waals surface area contributed by atoms with Crippen LogP contribution in [-0.2, 0) is 11.0 Å². The molecule has 1 saturated heterocycles. The highest BCUT2D eigenvalue weighted by molar-refractivity contribution is 5.91. The molecule has 0 bridgehead atoms. The number of nitrogens with zero attached hydrogens (tertiary/aromatic N) is 1. The van der Waals surface area contributed by atoms with Crippen molar-refractivity contribution in [3.8, 4) is 0 Å². The molecule has 1 fully saturated rings. The van der Waals surface area contributed by atoms with E-state index in [9.17, 15) is 27.2 Å². The second-order valence-corrected chi connectivity index (χ2v) is 4.66. The van der Waals surface area contributed by atoms with E-state index in [1.165, 1.54) is 4.90 Å². The van der Waals surface area contributed by atoms with Crippen molar-refractivity contribution < 1.29 is 27.2 Å². The van der Waals surface area contributed by atoms with Crippen LogP contribution in [0.1, 0.15) is 18.4 Å². The van der Waals surface area contributed by atoms with Gasteiger partial charge < -0.3 is 15.0 Å². The smallest absolute Gasteiger partial charge is 0.315 e. The molecule has 114 valence electrons. The van der Waals surface area contributed by atoms with Gasteiger partial charge in [-0.25, -0.2) is 9.18 Å². The number of hydrogen-bond donors (Lipinski definition) is 1. The van der Waals surface area contributed by atoms with Crippen LogP contribution >= 0.6 is 0 Å². The van der Waals surface area contributed by atoms with Gasteiger partial charge in [-0.1, -0.05) is 0 Å². The zero-order valence-electron chi connectivity index (χ0n) is 10.8. The minimum atomic E-state index is -4.79. The number of halogens is 4. The molecule has 1 aromatic rings. The minimum Gasteiger partial charge on any atom is -0.315 e. The second-order valence-electron chi connectivity index (χ2n) is 4.66. The molecule has 2 rings (SSSR count). The van der Waals surface area contributed by atoms with E-state index in [1.807, 2.05) is 0 Å². The van der Waals surface area contributed by atoms with Gasteiger partial charge in [0, 0.05) is 12.2 Å². The van der Waals surface area contributed by atoms with E-state index in [0.717, 1.165) is 6.07 Å². The molecule has 1 aliphatic heterocycles. The van der Waals surface area contributed by atoms with Crippen molar-refractivity contribution in [2.75, 3.05) is 11.9 Å². The Balaban J connectivity index is 2.12. The summed E-state index contributed by atoms with van der Waals surface area (Å²) in [4.78, 5) is 23.9. The monoisotopic (exact) mass is 304 g/mol. The van der Waals surface area contributed by atoms with Gasteiger partial charge >= 0.3 is 12.2 Å². The van der Waals surface area contributed by atoms with Gasteiger partial charge in [0.25, 0.3) is 0 Å². The van der Waals surface area contributed by atoms with E-state index < -0.39 is 29.6 Å². The molecule has 4 nitrogen and oxygen atoms in total. The van der Waals surface area contributed by atoms with Gasteiger partial charge in [0.05, 0.1) is 11.6 Å². The van der Waals surface area contributed by atoms with Crippen molar-refractivity contribution in [2.24, 2.45) is 0 Å². The first-order valence-corrected chi connectivity index (χ1v) is 6.22. The van der Waals surface area contributed by atoms with Gasteiger partial charge in [0.15, 0.2) is 0 Å². The Morgan fingerprint density at radius 2 is 2.10 bits per heavy atom. The highest BCUT2D eigenvalue weighted by atomic mass is 19.4. The number of urea groups is 1. The van der Waals surface area contributed by atoms with Crippen LogP contribution in [-0.4, -0.2) is 29.8 Å². The lowest BCUT2D eigenvalue weighted by atomic mass is 10.2. The summed E-state index contributed by atoms with van der Waals surface area (Å²) in [6, 6.07) is 0.947. The normalized spacial score (nSPS) is 18.7. The van der Waals surface area contributed by atoms with Gasteiger partial charge in [-0.3, -0.25) is 0 Å². The number of nitrogens with one attached hydrogen (secondary N) is 1. The van der Waals surface area contributed by atoms with Crippen molar-refractivity contribution in [2.45, 2.75) is 25.1 Å². The zero-order valence-corrected chi connectivity index (χ0v) is 10.8. The van der Waals surface area contributed by atoms with Gasteiger partial charge in [0.2, 0.25) is 0 Å². The van der Waals surface area contributed by atoms with Crippen molar-refractivity contribution in [1.29, 1.82) is 0 Å². The summed E-state index contributed by atoms with van der Waals surface area (Å²) in [6.45, 7) is 0.373. The lowest BCUT2D eigenvalue weighted by Crippen LogP contribution is -2.39. The Bertz CT molecular complexity index is 560. The Morgan fingerprint density at radius 3 is 2.67 bits per heavy atom.